The number of nitrogens with zero attached hydrogens (tertiary/aromatic N) is 1. The predicted octanol–water partition coefficient (Wildman–Crippen LogP) is 4.59. The molecule has 0 saturated carbocycles. The fourth-order valence-electron chi connectivity index (χ4n) is 2.74. The molecule has 0 bridgehead atoms. The minimum atomic E-state index is -0.528. The maximum absolute atomic E-state index is 12.8. The minimum absolute atomic E-state index is 0.0921. The maximum Gasteiger partial charge on any atom is 0.294 e. The van der Waals surface area contributed by atoms with Crippen LogP contribution in [0.5, 0.6) is 11.5 Å². The molecule has 3 amide bonds. The first-order valence-electron chi connectivity index (χ1n) is 9.07. The number of hydrogen-bond acceptors (Lipinski definition) is 6. The van der Waals surface area contributed by atoms with Crippen LogP contribution in [0, 0.1) is 19.5 Å². The molecule has 1 aliphatic rings. The van der Waals surface area contributed by atoms with E-state index in [-0.39, 0.29) is 18.1 Å². The average Bonchev–Trinajstić information content (AvgIpc) is 3.01. The fourth-order valence-corrected chi connectivity index (χ4v) is 4.72. The van der Waals surface area contributed by atoms with Crippen molar-refractivity contribution in [2.75, 3.05) is 25.6 Å². The number of halogens is 2. The van der Waals surface area contributed by atoms with Crippen LogP contribution in [0.25, 0.3) is 6.08 Å². The van der Waals surface area contributed by atoms with E-state index in [2.05, 4.69) is 56.4 Å². The summed E-state index contributed by atoms with van der Waals surface area (Å²) in [6.07, 6.45) is 6.83. The van der Waals surface area contributed by atoms with Gasteiger partial charge in [0.2, 0.25) is 5.91 Å². The number of methoxy groups -OCH3 is 1. The van der Waals surface area contributed by atoms with Gasteiger partial charge in [-0.15, -0.1) is 6.42 Å². The molecule has 1 aliphatic heterocycles. The highest BCUT2D eigenvalue weighted by Gasteiger charge is 2.36. The van der Waals surface area contributed by atoms with Crippen molar-refractivity contribution in [2.24, 2.45) is 0 Å². The molecule has 1 heterocycles. The van der Waals surface area contributed by atoms with Crippen molar-refractivity contribution in [1.82, 2.24) is 4.90 Å². The Kier molecular flexibility index (Phi) is 8.44. The second-order valence-electron chi connectivity index (χ2n) is 6.35. The SMILES string of the molecule is C#CCOc1c(I)cc(/C=C2/SC(=O)N(CC(=O)Nc3ccc(I)cc3)C2=O)cc1OC. The smallest absolute Gasteiger partial charge is 0.294 e. The number of imide groups is 1. The number of amides is 3. The van der Waals surface area contributed by atoms with E-state index in [4.69, 9.17) is 15.9 Å². The maximum atomic E-state index is 12.8. The van der Waals surface area contributed by atoms with E-state index in [9.17, 15) is 14.4 Å². The molecular weight excluding hydrogens is 658 g/mol. The first-order chi connectivity index (χ1) is 15.3. The number of nitrogens with one attached hydrogen (secondary N) is 1. The Labute approximate surface area is 216 Å². The zero-order valence-electron chi connectivity index (χ0n) is 16.7. The summed E-state index contributed by atoms with van der Waals surface area (Å²) in [4.78, 5) is 38.6. The van der Waals surface area contributed by atoms with Gasteiger partial charge in [0.15, 0.2) is 11.5 Å². The lowest BCUT2D eigenvalue weighted by molar-refractivity contribution is -0.127. The quantitative estimate of drug-likeness (QED) is 0.263. The van der Waals surface area contributed by atoms with E-state index < -0.39 is 17.1 Å². The van der Waals surface area contributed by atoms with E-state index in [0.717, 1.165) is 23.8 Å². The van der Waals surface area contributed by atoms with Gasteiger partial charge in [0, 0.05) is 9.26 Å². The zero-order chi connectivity index (χ0) is 23.3. The third-order valence-corrected chi connectivity index (χ3v) is 6.58. The van der Waals surface area contributed by atoms with Gasteiger partial charge >= 0.3 is 0 Å². The van der Waals surface area contributed by atoms with Crippen molar-refractivity contribution < 1.29 is 23.9 Å². The van der Waals surface area contributed by atoms with E-state index in [0.29, 0.717) is 22.7 Å². The lowest BCUT2D eigenvalue weighted by atomic mass is 10.2. The fraction of sp³-hybridized carbons (Fsp3) is 0.136. The number of thioether (sulfide) groups is 1. The Bertz CT molecular complexity index is 1140. The summed E-state index contributed by atoms with van der Waals surface area (Å²) in [6.45, 7) is -0.275. The Morgan fingerprint density at radius 2 is 1.97 bits per heavy atom. The molecule has 164 valence electrons. The third kappa shape index (κ3) is 5.96. The summed E-state index contributed by atoms with van der Waals surface area (Å²) in [5.74, 6) is 2.37. The van der Waals surface area contributed by atoms with Crippen LogP contribution in [-0.4, -0.2) is 42.2 Å². The molecule has 0 radical (unpaired) electrons. The molecule has 1 N–H and O–H groups in total. The minimum Gasteiger partial charge on any atom is -0.493 e. The number of anilines is 1. The molecule has 32 heavy (non-hydrogen) atoms. The largest absolute Gasteiger partial charge is 0.493 e. The van der Waals surface area contributed by atoms with Gasteiger partial charge in [0.1, 0.15) is 13.2 Å². The number of carbonyl (C=O) groups is 3. The standard InChI is InChI=1S/C22H16I2N2O5S/c1-3-8-31-20-16(24)9-13(10-17(20)30-2)11-18-21(28)26(22(29)32-18)12-19(27)25-15-6-4-14(23)5-7-15/h1,4-7,9-11H,8,12H2,2H3,(H,25,27)/b18-11+. The number of carbonyl (C=O) groups excluding carboxylic acids is 3. The lowest BCUT2D eigenvalue weighted by Crippen LogP contribution is -2.36. The summed E-state index contributed by atoms with van der Waals surface area (Å²) in [5.41, 5.74) is 1.24. The topological polar surface area (TPSA) is 84.9 Å². The van der Waals surface area contributed by atoms with Crippen LogP contribution in [0.3, 0.4) is 0 Å². The second kappa shape index (κ2) is 11.1. The highest BCUT2D eigenvalue weighted by atomic mass is 127. The Balaban J connectivity index is 1.75. The van der Waals surface area contributed by atoms with Gasteiger partial charge in [-0.3, -0.25) is 19.3 Å². The zero-order valence-corrected chi connectivity index (χ0v) is 21.8. The van der Waals surface area contributed by atoms with Crippen molar-refractivity contribution in [3.8, 4) is 23.8 Å². The number of benzene rings is 2. The molecule has 10 heteroatoms. The lowest BCUT2D eigenvalue weighted by Gasteiger charge is -2.13. The molecular formula is C22H16I2N2O5S. The van der Waals surface area contributed by atoms with Crippen LogP contribution in [0.4, 0.5) is 10.5 Å². The van der Waals surface area contributed by atoms with Crippen LogP contribution in [0.2, 0.25) is 0 Å². The van der Waals surface area contributed by atoms with Crippen molar-refractivity contribution in [3.63, 3.8) is 0 Å². The summed E-state index contributed by atoms with van der Waals surface area (Å²) in [7, 11) is 1.50. The summed E-state index contributed by atoms with van der Waals surface area (Å²) in [5, 5.41) is 2.18. The molecule has 0 aliphatic carbocycles. The highest BCUT2D eigenvalue weighted by molar-refractivity contribution is 14.1. The summed E-state index contributed by atoms with van der Waals surface area (Å²) < 4.78 is 12.6. The molecule has 7 nitrogen and oxygen atoms in total. The number of terminal acetylenes is 1. The Morgan fingerprint density at radius 3 is 2.62 bits per heavy atom. The molecule has 0 unspecified atom stereocenters. The Hall–Kier alpha value is -2.24. The first kappa shape index (κ1) is 24.4. The van der Waals surface area contributed by atoms with Gasteiger partial charge in [-0.2, -0.15) is 0 Å². The molecule has 0 spiro atoms. The monoisotopic (exact) mass is 674 g/mol. The normalized spacial score (nSPS) is 14.4. The van der Waals surface area contributed by atoms with Gasteiger partial charge in [-0.25, -0.2) is 0 Å². The molecule has 3 rings (SSSR count). The van der Waals surface area contributed by atoms with Crippen LogP contribution in [0.1, 0.15) is 5.56 Å². The van der Waals surface area contributed by atoms with Crippen LogP contribution >= 0.6 is 56.9 Å². The molecule has 2 aromatic rings. The third-order valence-electron chi connectivity index (χ3n) is 4.15. The predicted molar refractivity (Wildman–Crippen MR) is 141 cm³/mol. The van der Waals surface area contributed by atoms with E-state index >= 15 is 0 Å². The van der Waals surface area contributed by atoms with Gasteiger partial charge in [0.05, 0.1) is 15.6 Å². The number of ether oxygens (including phenoxy) is 2. The van der Waals surface area contributed by atoms with Crippen LogP contribution < -0.4 is 14.8 Å². The summed E-state index contributed by atoms with van der Waals surface area (Å²) >= 11 is 5.02. The van der Waals surface area contributed by atoms with E-state index in [1.54, 1.807) is 30.3 Å². The van der Waals surface area contributed by atoms with Crippen LogP contribution in [0.15, 0.2) is 41.3 Å². The average molecular weight is 674 g/mol. The van der Waals surface area contributed by atoms with E-state index in [1.165, 1.54) is 7.11 Å². The second-order valence-corrected chi connectivity index (χ2v) is 9.75. The van der Waals surface area contributed by atoms with Gasteiger partial charge in [-0.1, -0.05) is 5.92 Å². The van der Waals surface area contributed by atoms with Gasteiger partial charge < -0.3 is 14.8 Å². The molecule has 1 fully saturated rings. The van der Waals surface area contributed by atoms with Crippen LogP contribution in [-0.2, 0) is 9.59 Å². The number of rotatable bonds is 7. The van der Waals surface area contributed by atoms with Gasteiger partial charge in [-0.05, 0) is 105 Å². The van der Waals surface area contributed by atoms with E-state index in [1.807, 2.05) is 12.1 Å². The van der Waals surface area contributed by atoms with Crippen molar-refractivity contribution in [3.05, 3.63) is 54.0 Å². The number of hydrogen-bond donors (Lipinski definition) is 1. The first-order valence-corrected chi connectivity index (χ1v) is 12.0. The molecule has 0 atom stereocenters. The van der Waals surface area contributed by atoms with Crippen molar-refractivity contribution in [2.45, 2.75) is 0 Å². The highest BCUT2D eigenvalue weighted by Crippen LogP contribution is 2.37. The summed E-state index contributed by atoms with van der Waals surface area (Å²) in [6, 6.07) is 10.7. The van der Waals surface area contributed by atoms with Crippen molar-refractivity contribution >= 4 is 85.8 Å². The van der Waals surface area contributed by atoms with Gasteiger partial charge in [0.25, 0.3) is 11.1 Å². The Morgan fingerprint density at radius 1 is 1.25 bits per heavy atom. The molecule has 1 saturated heterocycles. The van der Waals surface area contributed by atoms with Crippen molar-refractivity contribution in [1.29, 1.82) is 0 Å². The molecule has 0 aromatic heterocycles. The molecule has 2 aromatic carbocycles.